The van der Waals surface area contributed by atoms with Crippen LogP contribution in [0.5, 0.6) is 0 Å². The average Bonchev–Trinajstić information content (AvgIpc) is 2.03. The van der Waals surface area contributed by atoms with Gasteiger partial charge in [0.25, 0.3) is 0 Å². The third-order valence-corrected chi connectivity index (χ3v) is 2.47. The standard InChI is InChI=1S/C9H16O2.CH4/c1-7-4-3-5-8(6-7)9(10)11-2;/h7-8H,3-6H2,1-2H3;1H4. The highest BCUT2D eigenvalue weighted by molar-refractivity contribution is 5.72. The summed E-state index contributed by atoms with van der Waals surface area (Å²) >= 11 is 0. The van der Waals surface area contributed by atoms with Crippen molar-refractivity contribution in [1.29, 1.82) is 0 Å². The molecule has 1 aliphatic carbocycles. The molecule has 0 N–H and O–H groups in total. The van der Waals surface area contributed by atoms with E-state index in [1.807, 2.05) is 0 Å². The Bertz CT molecular complexity index is 143. The number of rotatable bonds is 1. The van der Waals surface area contributed by atoms with Gasteiger partial charge in [0.05, 0.1) is 13.0 Å². The zero-order valence-electron chi connectivity index (χ0n) is 7.30. The molecule has 1 saturated carbocycles. The minimum atomic E-state index is -0.0171. The zero-order chi connectivity index (χ0) is 8.27. The Balaban J connectivity index is 0.00000121. The number of esters is 1. The smallest absolute Gasteiger partial charge is 0.308 e. The van der Waals surface area contributed by atoms with E-state index in [2.05, 4.69) is 6.92 Å². The topological polar surface area (TPSA) is 26.3 Å². The van der Waals surface area contributed by atoms with Gasteiger partial charge in [-0.25, -0.2) is 0 Å². The Morgan fingerprint density at radius 2 is 2.08 bits per heavy atom. The monoisotopic (exact) mass is 172 g/mol. The molecule has 0 amide bonds. The van der Waals surface area contributed by atoms with Gasteiger partial charge in [-0.3, -0.25) is 4.79 Å². The summed E-state index contributed by atoms with van der Waals surface area (Å²) in [5.74, 6) is 0.869. The molecular formula is C10H20O2. The second-order valence-corrected chi connectivity index (χ2v) is 3.49. The molecule has 1 fully saturated rings. The summed E-state index contributed by atoms with van der Waals surface area (Å²) in [6, 6.07) is 0. The van der Waals surface area contributed by atoms with Gasteiger partial charge >= 0.3 is 5.97 Å². The van der Waals surface area contributed by atoms with Crippen molar-refractivity contribution < 1.29 is 9.53 Å². The molecule has 2 nitrogen and oxygen atoms in total. The average molecular weight is 172 g/mol. The lowest BCUT2D eigenvalue weighted by molar-refractivity contribution is -0.147. The van der Waals surface area contributed by atoms with Crippen LogP contribution in [0.3, 0.4) is 0 Å². The van der Waals surface area contributed by atoms with Crippen molar-refractivity contribution in [3.63, 3.8) is 0 Å². The molecule has 2 atom stereocenters. The summed E-state index contributed by atoms with van der Waals surface area (Å²) in [5, 5.41) is 0. The maximum Gasteiger partial charge on any atom is 0.308 e. The molecule has 0 aromatic heterocycles. The Hall–Kier alpha value is -0.530. The van der Waals surface area contributed by atoms with E-state index in [4.69, 9.17) is 4.74 Å². The third-order valence-electron chi connectivity index (χ3n) is 2.47. The minimum absolute atomic E-state index is 0. The second-order valence-electron chi connectivity index (χ2n) is 3.49. The van der Waals surface area contributed by atoms with Crippen molar-refractivity contribution in [2.24, 2.45) is 11.8 Å². The van der Waals surface area contributed by atoms with Crippen molar-refractivity contribution in [2.45, 2.75) is 40.0 Å². The maximum atomic E-state index is 11.1. The lowest BCUT2D eigenvalue weighted by Crippen LogP contribution is -2.22. The van der Waals surface area contributed by atoms with Gasteiger partial charge in [-0.1, -0.05) is 27.2 Å². The first-order chi connectivity index (χ1) is 5.24. The van der Waals surface area contributed by atoms with Gasteiger partial charge in [-0.2, -0.15) is 0 Å². The van der Waals surface area contributed by atoms with Crippen molar-refractivity contribution in [3.05, 3.63) is 0 Å². The summed E-state index contributed by atoms with van der Waals surface area (Å²) in [6.07, 6.45) is 4.50. The van der Waals surface area contributed by atoms with E-state index in [0.717, 1.165) is 12.8 Å². The molecule has 12 heavy (non-hydrogen) atoms. The van der Waals surface area contributed by atoms with Crippen molar-refractivity contribution >= 4 is 5.97 Å². The van der Waals surface area contributed by atoms with E-state index < -0.39 is 0 Å². The van der Waals surface area contributed by atoms with Crippen LogP contribution in [-0.4, -0.2) is 13.1 Å². The molecule has 0 aliphatic heterocycles. The molecule has 2 unspecified atom stereocenters. The quantitative estimate of drug-likeness (QED) is 0.568. The minimum Gasteiger partial charge on any atom is -0.469 e. The van der Waals surface area contributed by atoms with Crippen LogP contribution in [0.2, 0.25) is 0 Å². The number of methoxy groups -OCH3 is 1. The number of hydrogen-bond donors (Lipinski definition) is 0. The fraction of sp³-hybridized carbons (Fsp3) is 0.900. The molecule has 0 aromatic carbocycles. The van der Waals surface area contributed by atoms with E-state index in [1.54, 1.807) is 0 Å². The summed E-state index contributed by atoms with van der Waals surface area (Å²) in [6.45, 7) is 2.20. The Morgan fingerprint density at radius 3 is 2.58 bits per heavy atom. The molecule has 1 aliphatic rings. The molecule has 0 saturated heterocycles. The van der Waals surface area contributed by atoms with Gasteiger partial charge in [-0.15, -0.1) is 0 Å². The van der Waals surface area contributed by atoms with Gasteiger partial charge in [-0.05, 0) is 18.8 Å². The van der Waals surface area contributed by atoms with Crippen LogP contribution < -0.4 is 0 Å². The van der Waals surface area contributed by atoms with Crippen LogP contribution in [-0.2, 0) is 9.53 Å². The molecule has 0 spiro atoms. The SMILES string of the molecule is C.COC(=O)C1CCCC(C)C1. The number of ether oxygens (including phenoxy) is 1. The van der Waals surface area contributed by atoms with Crippen LogP contribution in [0.1, 0.15) is 40.0 Å². The van der Waals surface area contributed by atoms with Crippen LogP contribution in [0.15, 0.2) is 0 Å². The Labute approximate surface area is 75.3 Å². The highest BCUT2D eigenvalue weighted by Gasteiger charge is 2.25. The van der Waals surface area contributed by atoms with Crippen molar-refractivity contribution in [1.82, 2.24) is 0 Å². The van der Waals surface area contributed by atoms with E-state index in [1.165, 1.54) is 20.0 Å². The van der Waals surface area contributed by atoms with Crippen LogP contribution in [0, 0.1) is 11.8 Å². The lowest BCUT2D eigenvalue weighted by Gasteiger charge is -2.24. The molecule has 2 heteroatoms. The fourth-order valence-corrected chi connectivity index (χ4v) is 1.81. The summed E-state index contributed by atoms with van der Waals surface area (Å²) < 4.78 is 4.70. The van der Waals surface area contributed by atoms with E-state index in [0.29, 0.717) is 5.92 Å². The largest absolute Gasteiger partial charge is 0.469 e. The molecule has 0 radical (unpaired) electrons. The lowest BCUT2D eigenvalue weighted by atomic mass is 9.82. The fourth-order valence-electron chi connectivity index (χ4n) is 1.81. The maximum absolute atomic E-state index is 11.1. The number of carbonyl (C=O) groups excluding carboxylic acids is 1. The molecule has 72 valence electrons. The molecule has 0 heterocycles. The zero-order valence-corrected chi connectivity index (χ0v) is 7.30. The van der Waals surface area contributed by atoms with Crippen molar-refractivity contribution in [3.8, 4) is 0 Å². The second kappa shape index (κ2) is 5.18. The predicted molar refractivity (Wildman–Crippen MR) is 49.9 cm³/mol. The molecular weight excluding hydrogens is 152 g/mol. The third kappa shape index (κ3) is 2.84. The van der Waals surface area contributed by atoms with Gasteiger partial charge in [0.1, 0.15) is 0 Å². The van der Waals surface area contributed by atoms with Crippen molar-refractivity contribution in [2.75, 3.05) is 7.11 Å². The normalized spacial score (nSPS) is 28.8. The van der Waals surface area contributed by atoms with E-state index >= 15 is 0 Å². The van der Waals surface area contributed by atoms with Crippen LogP contribution >= 0.6 is 0 Å². The number of carbonyl (C=O) groups is 1. The first kappa shape index (κ1) is 11.5. The van der Waals surface area contributed by atoms with Gasteiger partial charge in [0, 0.05) is 0 Å². The van der Waals surface area contributed by atoms with Gasteiger partial charge in [0.2, 0.25) is 0 Å². The highest BCUT2D eigenvalue weighted by Crippen LogP contribution is 2.28. The molecule has 1 rings (SSSR count). The first-order valence-corrected chi connectivity index (χ1v) is 4.32. The number of hydrogen-bond acceptors (Lipinski definition) is 2. The van der Waals surface area contributed by atoms with Gasteiger partial charge in [0.15, 0.2) is 0 Å². The van der Waals surface area contributed by atoms with Gasteiger partial charge < -0.3 is 4.74 Å². The summed E-state index contributed by atoms with van der Waals surface area (Å²) in [4.78, 5) is 11.1. The molecule has 0 aromatic rings. The van der Waals surface area contributed by atoms with E-state index in [-0.39, 0.29) is 19.3 Å². The molecule has 0 bridgehead atoms. The summed E-state index contributed by atoms with van der Waals surface area (Å²) in [7, 11) is 1.47. The van der Waals surface area contributed by atoms with E-state index in [9.17, 15) is 4.79 Å². The Morgan fingerprint density at radius 1 is 1.42 bits per heavy atom. The van der Waals surface area contributed by atoms with Crippen LogP contribution in [0.4, 0.5) is 0 Å². The first-order valence-electron chi connectivity index (χ1n) is 4.32. The summed E-state index contributed by atoms with van der Waals surface area (Å²) in [5.41, 5.74) is 0. The Kier molecular flexibility index (Phi) is 4.95. The highest BCUT2D eigenvalue weighted by atomic mass is 16.5. The van der Waals surface area contributed by atoms with Crippen LogP contribution in [0.25, 0.3) is 0 Å². The predicted octanol–water partition coefficient (Wildman–Crippen LogP) is 2.62.